The summed E-state index contributed by atoms with van der Waals surface area (Å²) in [5.41, 5.74) is 7.56. The number of aromatic nitrogens is 2. The molecule has 3 saturated heterocycles. The number of benzene rings is 4. The molecule has 5 aliphatic rings. The minimum Gasteiger partial charge on any atom is -0.455 e. The van der Waals surface area contributed by atoms with Crippen LogP contribution in [0.2, 0.25) is 5.02 Å². The van der Waals surface area contributed by atoms with E-state index >= 15 is 0 Å². The zero-order valence-electron chi connectivity index (χ0n) is 47.0. The fourth-order valence-electron chi connectivity index (χ4n) is 12.1. The summed E-state index contributed by atoms with van der Waals surface area (Å²) in [4.78, 5) is 78.7. The van der Waals surface area contributed by atoms with Crippen LogP contribution in [0.15, 0.2) is 114 Å². The third kappa shape index (κ3) is 13.3. The molecule has 6 aromatic rings. The number of unbranched alkanes of at least 4 members (excludes halogenated alkanes) is 1. The Morgan fingerprint density at radius 2 is 1.71 bits per heavy atom. The number of nitrogens with zero attached hydrogens (tertiary/aromatic N) is 6. The van der Waals surface area contributed by atoms with Crippen molar-refractivity contribution < 1.29 is 37.3 Å². The van der Waals surface area contributed by atoms with E-state index in [0.29, 0.717) is 56.0 Å². The number of H-pyrrole nitrogens is 1. The van der Waals surface area contributed by atoms with Gasteiger partial charge in [0.1, 0.15) is 28.9 Å². The molecule has 84 heavy (non-hydrogen) atoms. The van der Waals surface area contributed by atoms with E-state index in [0.717, 1.165) is 111 Å². The van der Waals surface area contributed by atoms with Crippen LogP contribution >= 0.6 is 11.6 Å². The second-order valence-corrected chi connectivity index (χ2v) is 25.4. The normalized spacial score (nSPS) is 18.8. The highest BCUT2D eigenvalue weighted by Crippen LogP contribution is 2.44. The van der Waals surface area contributed by atoms with Gasteiger partial charge in [0.2, 0.25) is 11.8 Å². The second kappa shape index (κ2) is 24.6. The summed E-state index contributed by atoms with van der Waals surface area (Å²) in [6.45, 7) is 11.8. The number of rotatable bonds is 17. The molecule has 1 aliphatic carbocycles. The Kier molecular flexibility index (Phi) is 16.9. The van der Waals surface area contributed by atoms with Crippen LogP contribution in [0, 0.1) is 33.3 Å². The number of piperazine rings is 1. The molecule has 0 bridgehead atoms. The van der Waals surface area contributed by atoms with Crippen LogP contribution in [-0.2, 0) is 26.2 Å². The molecule has 0 spiro atoms. The number of sulfonamides is 1. The van der Waals surface area contributed by atoms with Crippen molar-refractivity contribution in [2.75, 3.05) is 69.1 Å². The predicted octanol–water partition coefficient (Wildman–Crippen LogP) is 9.54. The van der Waals surface area contributed by atoms with Crippen molar-refractivity contribution in [3.8, 4) is 23.3 Å². The number of aromatic amines is 1. The van der Waals surface area contributed by atoms with E-state index in [1.807, 2.05) is 30.3 Å². The minimum absolute atomic E-state index is 0.0559. The van der Waals surface area contributed by atoms with Crippen molar-refractivity contribution in [3.63, 3.8) is 0 Å². The smallest absolute Gasteiger partial charge is 0.293 e. The maximum atomic E-state index is 14.1. The van der Waals surface area contributed by atoms with Crippen molar-refractivity contribution in [1.82, 2.24) is 34.7 Å². The molecular formula is C63H67ClN10O9S. The lowest BCUT2D eigenvalue weighted by molar-refractivity contribution is -0.384. The van der Waals surface area contributed by atoms with Gasteiger partial charge in [0.05, 0.1) is 21.6 Å². The number of hydrogen-bond acceptors (Lipinski definition) is 14. The molecular weight excluding hydrogens is 1110 g/mol. The van der Waals surface area contributed by atoms with Gasteiger partial charge in [-0.05, 0) is 159 Å². The Morgan fingerprint density at radius 3 is 2.49 bits per heavy atom. The highest BCUT2D eigenvalue weighted by Gasteiger charge is 2.39. The lowest BCUT2D eigenvalue weighted by Gasteiger charge is -2.39. The number of carbonyl (C=O) groups is 4. The van der Waals surface area contributed by atoms with Crippen LogP contribution in [0.4, 0.5) is 17.1 Å². The number of pyridine rings is 1. The zero-order chi connectivity index (χ0) is 58.7. The molecule has 1 unspecified atom stereocenters. The van der Waals surface area contributed by atoms with Crippen LogP contribution in [-0.4, -0.2) is 127 Å². The first-order valence-electron chi connectivity index (χ1n) is 28.7. The lowest BCUT2D eigenvalue weighted by atomic mass is 9.72. The van der Waals surface area contributed by atoms with Gasteiger partial charge in [0.25, 0.3) is 27.5 Å². The number of nitrogens with one attached hydrogen (secondary N) is 4. The van der Waals surface area contributed by atoms with Gasteiger partial charge in [0.15, 0.2) is 0 Å². The first-order valence-corrected chi connectivity index (χ1v) is 30.6. The first kappa shape index (κ1) is 57.7. The van der Waals surface area contributed by atoms with Gasteiger partial charge in [-0.1, -0.05) is 55.0 Å². The molecule has 6 heterocycles. The zero-order valence-corrected chi connectivity index (χ0v) is 48.6. The summed E-state index contributed by atoms with van der Waals surface area (Å²) >= 11 is 6.27. The average Bonchev–Trinajstić information content (AvgIpc) is 4.16. The molecule has 4 amide bonds. The lowest BCUT2D eigenvalue weighted by Crippen LogP contribution is -2.52. The highest BCUT2D eigenvalue weighted by atomic mass is 35.5. The number of anilines is 2. The van der Waals surface area contributed by atoms with Crippen LogP contribution in [0.3, 0.4) is 0 Å². The van der Waals surface area contributed by atoms with Gasteiger partial charge in [-0.3, -0.25) is 39.5 Å². The van der Waals surface area contributed by atoms with E-state index in [9.17, 15) is 37.7 Å². The molecule has 436 valence electrons. The van der Waals surface area contributed by atoms with Crippen molar-refractivity contribution in [1.29, 1.82) is 0 Å². The number of halogens is 1. The Bertz CT molecular complexity index is 3760. The molecule has 1 atom stereocenters. The number of nitro benzene ring substituents is 1. The maximum absolute atomic E-state index is 14.1. The van der Waals surface area contributed by atoms with E-state index < -0.39 is 43.4 Å². The van der Waals surface area contributed by atoms with E-state index in [4.69, 9.17) is 16.3 Å². The molecule has 2 aromatic heterocycles. The number of ether oxygens (including phenoxy) is 1. The third-order valence-corrected chi connectivity index (χ3v) is 18.4. The highest BCUT2D eigenvalue weighted by molar-refractivity contribution is 7.90. The Labute approximate surface area is 493 Å². The SMILES string of the molecule is CC1(C)CCC(CN2CCN(c3ccc(C(=O)NS(=O)(=O)c4ccc(NCC5CCN(CCCC#Cc6ccc7c(c6)CN(C6CCC(=O)NC6=O)C7=O)CC5)c([N+](=O)[O-])c4)c(Oc4cnc5[nH]ccc5c4)c3)CC2)=C(c2ccc(Cl)cc2)C1. The number of allylic oxidation sites excluding steroid dienone is 1. The Morgan fingerprint density at radius 1 is 0.917 bits per heavy atom. The standard InChI is InChI=1S/C63H67ClN10O9S/c1-63(2)23-19-45(53(36-63)43-8-10-47(64)11-9-43)39-71-28-30-72(31-29-71)48-12-15-52(57(34-48)83-49-33-44-20-24-65-59(44)67-38-49)60(76)69-84(81,82)50-13-16-54(56(35-50)74(79)80)66-37-42-21-26-70(27-22-42)25-5-3-4-6-41-7-14-51-46(32-41)40-73(62(51)78)55-17-18-58(75)68-61(55)77/h7-16,20,24,32-35,38,42,55,66H,3,5,17-19,21-23,25-31,36-37,39-40H2,1-2H3,(H,65,67)(H,69,76)(H,68,75,77). The molecule has 0 saturated carbocycles. The molecule has 4 aromatic carbocycles. The van der Waals surface area contributed by atoms with E-state index in [1.165, 1.54) is 39.9 Å². The Hall–Kier alpha value is -8.09. The van der Waals surface area contributed by atoms with Crippen LogP contribution in [0.25, 0.3) is 16.6 Å². The molecule has 3 fully saturated rings. The van der Waals surface area contributed by atoms with Crippen molar-refractivity contribution in [2.45, 2.75) is 89.1 Å². The number of carbonyl (C=O) groups excluding carboxylic acids is 4. The van der Waals surface area contributed by atoms with Gasteiger partial charge in [0, 0.05) is 104 Å². The predicted molar refractivity (Wildman–Crippen MR) is 321 cm³/mol. The number of imide groups is 1. The topological polar surface area (TPSA) is 233 Å². The van der Waals surface area contributed by atoms with Crippen LogP contribution < -0.4 is 25.0 Å². The van der Waals surface area contributed by atoms with Crippen molar-refractivity contribution in [3.05, 3.63) is 152 Å². The van der Waals surface area contributed by atoms with Gasteiger partial charge in [-0.2, -0.15) is 0 Å². The summed E-state index contributed by atoms with van der Waals surface area (Å²) in [7, 11) is -4.63. The molecule has 4 aliphatic heterocycles. The number of nitro groups is 1. The Balaban J connectivity index is 0.685. The van der Waals surface area contributed by atoms with Gasteiger partial charge in [-0.15, -0.1) is 0 Å². The average molecular weight is 1180 g/mol. The summed E-state index contributed by atoms with van der Waals surface area (Å²) < 4.78 is 36.4. The summed E-state index contributed by atoms with van der Waals surface area (Å²) in [5, 5.41) is 19.5. The number of piperidine rings is 2. The number of likely N-dealkylation sites (tertiary alicyclic amines) is 1. The fraction of sp³-hybridized carbons (Fsp3) is 0.381. The van der Waals surface area contributed by atoms with Gasteiger partial charge in [-0.25, -0.2) is 18.1 Å². The largest absolute Gasteiger partial charge is 0.455 e. The molecule has 11 rings (SSSR count). The minimum atomic E-state index is -4.63. The first-order chi connectivity index (χ1) is 40.4. The number of amides is 4. The number of hydrogen-bond donors (Lipinski definition) is 4. The van der Waals surface area contributed by atoms with Crippen molar-refractivity contribution in [2.24, 2.45) is 11.3 Å². The van der Waals surface area contributed by atoms with E-state index in [2.05, 4.69) is 77.8 Å². The molecule has 21 heteroatoms. The summed E-state index contributed by atoms with van der Waals surface area (Å²) in [6, 6.07) is 25.2. The van der Waals surface area contributed by atoms with E-state index in [1.54, 1.807) is 36.5 Å². The van der Waals surface area contributed by atoms with Gasteiger partial charge >= 0.3 is 0 Å². The number of fused-ring (bicyclic) bond motifs is 2. The van der Waals surface area contributed by atoms with Crippen LogP contribution in [0.5, 0.6) is 11.5 Å². The third-order valence-electron chi connectivity index (χ3n) is 16.9. The quantitative estimate of drug-likeness (QED) is 0.0219. The van der Waals surface area contributed by atoms with Crippen LogP contribution in [0.1, 0.15) is 109 Å². The molecule has 4 N–H and O–H groups in total. The van der Waals surface area contributed by atoms with Crippen molar-refractivity contribution >= 4 is 78.9 Å². The second-order valence-electron chi connectivity index (χ2n) is 23.3. The van der Waals surface area contributed by atoms with Gasteiger partial charge < -0.3 is 29.7 Å². The monoisotopic (exact) mass is 1170 g/mol. The maximum Gasteiger partial charge on any atom is 0.293 e. The van der Waals surface area contributed by atoms with E-state index in [-0.39, 0.29) is 46.6 Å². The molecule has 19 nitrogen and oxygen atoms in total. The summed E-state index contributed by atoms with van der Waals surface area (Å²) in [6.07, 6.45) is 10.2. The molecule has 0 radical (unpaired) electrons. The fourth-order valence-corrected chi connectivity index (χ4v) is 13.2. The summed E-state index contributed by atoms with van der Waals surface area (Å²) in [5.74, 6) is 5.18.